The van der Waals surface area contributed by atoms with Crippen LogP contribution in [-0.2, 0) is 18.9 Å². The van der Waals surface area contributed by atoms with E-state index in [9.17, 15) is 19.7 Å². The van der Waals surface area contributed by atoms with Crippen LogP contribution in [0.25, 0.3) is 0 Å². The first-order valence-corrected chi connectivity index (χ1v) is 15.9. The van der Waals surface area contributed by atoms with Gasteiger partial charge in [0.25, 0.3) is 5.96 Å². The highest BCUT2D eigenvalue weighted by Crippen LogP contribution is 2.65. The second-order valence-corrected chi connectivity index (χ2v) is 14.1. The molecule has 7 atom stereocenters. The minimum atomic E-state index is -0.891. The molecule has 3 aliphatic carbocycles. The Labute approximate surface area is 264 Å². The average molecular weight is 633 g/mol. The summed E-state index contributed by atoms with van der Waals surface area (Å²) in [5.41, 5.74) is 7.86. The second kappa shape index (κ2) is 13.6. The van der Waals surface area contributed by atoms with Gasteiger partial charge in [-0.15, -0.1) is 0 Å². The number of hydrogen-bond donors (Lipinski definition) is 4. The number of hydrogen-bond acceptors (Lipinski definition) is 7. The molecule has 4 aliphatic rings. The first kappa shape index (κ1) is 34.0. The lowest BCUT2D eigenvalue weighted by molar-refractivity contribution is -0.525. The molecule has 0 radical (unpaired) electrons. The van der Waals surface area contributed by atoms with Crippen LogP contribution in [0.5, 0.6) is 0 Å². The molecular weight excluding hydrogens is 587 g/mol. The minimum absolute atomic E-state index is 0.0253. The van der Waals surface area contributed by atoms with E-state index in [1.165, 1.54) is 0 Å². The number of hydrazine groups is 1. The number of amides is 2. The highest BCUT2D eigenvalue weighted by molar-refractivity contribution is 6.48. The van der Waals surface area contributed by atoms with Crippen LogP contribution in [0, 0.1) is 33.3 Å². The van der Waals surface area contributed by atoms with Crippen LogP contribution in [-0.4, -0.2) is 60.2 Å². The molecule has 3 saturated carbocycles. The molecule has 1 aliphatic heterocycles. The number of benzene rings is 1. The van der Waals surface area contributed by atoms with Crippen molar-refractivity contribution in [2.45, 2.75) is 103 Å². The standard InChI is InChI=1S/C30H46BClN6O6/c1-17(2)14-25(31-43-24-16-20-15-23(29(20,4)5)30(24,6)44-31)36-27(40)22(8-7-13-34-28(33)37-38(41)42)35-26(39)18(3)19-9-11-21(32)12-10-19/h9-12,17-18,20,22-25H,7-8,13-16H2,1-6H3,(H,35,39)(H,36,40)(H3,33,34,37)/t18?,20-,22+,23-,24-,25+,30+/m1/s1. The minimum Gasteiger partial charge on any atom is -0.404 e. The van der Waals surface area contributed by atoms with Gasteiger partial charge in [-0.1, -0.05) is 56.9 Å². The Morgan fingerprint density at radius 2 is 1.84 bits per heavy atom. The van der Waals surface area contributed by atoms with E-state index in [-0.39, 0.29) is 48.2 Å². The lowest BCUT2D eigenvalue weighted by Gasteiger charge is -2.64. The van der Waals surface area contributed by atoms with E-state index in [0.717, 1.165) is 18.4 Å². The molecule has 4 fully saturated rings. The van der Waals surface area contributed by atoms with E-state index in [1.54, 1.807) is 36.6 Å². The van der Waals surface area contributed by atoms with Crippen LogP contribution in [0.15, 0.2) is 29.3 Å². The molecule has 0 aromatic heterocycles. The smallest absolute Gasteiger partial charge is 0.404 e. The highest BCUT2D eigenvalue weighted by Gasteiger charge is 2.68. The predicted molar refractivity (Wildman–Crippen MR) is 169 cm³/mol. The van der Waals surface area contributed by atoms with Crippen molar-refractivity contribution in [3.05, 3.63) is 45.0 Å². The SMILES string of the molecule is CC(C)C[C@H](NC(=O)[C@H](CCCN=C(N)N[N+](=O)[O-])NC(=O)C(C)c1ccc(Cl)cc1)B1O[C@@H]2C[C@H]3C[C@H](C3(C)C)[C@]2(C)O1. The zero-order chi connectivity index (χ0) is 32.4. The van der Waals surface area contributed by atoms with E-state index in [0.29, 0.717) is 29.7 Å². The Morgan fingerprint density at radius 3 is 2.45 bits per heavy atom. The fourth-order valence-electron chi connectivity index (χ4n) is 7.19. The molecule has 2 bridgehead atoms. The summed E-state index contributed by atoms with van der Waals surface area (Å²) in [6.45, 7) is 12.8. The molecular formula is C30H46BClN6O6. The monoisotopic (exact) mass is 632 g/mol. The van der Waals surface area contributed by atoms with Gasteiger partial charge in [-0.3, -0.25) is 9.59 Å². The number of halogens is 1. The van der Waals surface area contributed by atoms with Crippen molar-refractivity contribution < 1.29 is 23.9 Å². The first-order valence-electron chi connectivity index (χ1n) is 15.5. The van der Waals surface area contributed by atoms with Crippen LogP contribution in [0.4, 0.5) is 0 Å². The van der Waals surface area contributed by atoms with Gasteiger partial charge in [-0.05, 0) is 86.8 Å². The van der Waals surface area contributed by atoms with Gasteiger partial charge in [0, 0.05) is 11.6 Å². The normalized spacial score (nSPS) is 27.5. The molecule has 1 unspecified atom stereocenters. The van der Waals surface area contributed by atoms with Crippen LogP contribution >= 0.6 is 11.6 Å². The molecule has 5 rings (SSSR count). The van der Waals surface area contributed by atoms with Gasteiger partial charge in [0.1, 0.15) is 6.04 Å². The number of rotatable bonds is 13. The lowest BCUT2D eigenvalue weighted by atomic mass is 9.43. The Balaban J connectivity index is 1.47. The maximum Gasteiger partial charge on any atom is 0.481 e. The van der Waals surface area contributed by atoms with Gasteiger partial charge in [0.15, 0.2) is 5.03 Å². The van der Waals surface area contributed by atoms with Gasteiger partial charge in [0.2, 0.25) is 11.8 Å². The molecule has 5 N–H and O–H groups in total. The fraction of sp³-hybridized carbons (Fsp3) is 0.700. The number of nitrogens with zero attached hydrogens (tertiary/aromatic N) is 2. The maximum atomic E-state index is 13.9. The summed E-state index contributed by atoms with van der Waals surface area (Å²) in [6, 6.07) is 6.10. The van der Waals surface area contributed by atoms with Crippen molar-refractivity contribution in [2.24, 2.45) is 33.9 Å². The van der Waals surface area contributed by atoms with E-state index in [1.807, 2.05) is 0 Å². The van der Waals surface area contributed by atoms with E-state index >= 15 is 0 Å². The van der Waals surface area contributed by atoms with Gasteiger partial charge < -0.3 is 25.7 Å². The molecule has 2 amide bonds. The van der Waals surface area contributed by atoms with Crippen LogP contribution in [0.3, 0.4) is 0 Å². The molecule has 44 heavy (non-hydrogen) atoms. The van der Waals surface area contributed by atoms with E-state index in [4.69, 9.17) is 26.6 Å². The van der Waals surface area contributed by atoms with E-state index in [2.05, 4.69) is 50.2 Å². The zero-order valence-corrected chi connectivity index (χ0v) is 27.2. The van der Waals surface area contributed by atoms with Crippen molar-refractivity contribution in [2.75, 3.05) is 6.54 Å². The van der Waals surface area contributed by atoms with Gasteiger partial charge >= 0.3 is 7.12 Å². The summed E-state index contributed by atoms with van der Waals surface area (Å²) in [7, 11) is -0.603. The average Bonchev–Trinajstić information content (AvgIpc) is 3.30. The topological polar surface area (TPSA) is 170 Å². The number of carbonyl (C=O) groups excluding carboxylic acids is 2. The summed E-state index contributed by atoms with van der Waals surface area (Å²) in [5, 5.41) is 16.4. The zero-order valence-electron chi connectivity index (χ0n) is 26.5. The van der Waals surface area contributed by atoms with Crippen molar-refractivity contribution in [3.63, 3.8) is 0 Å². The molecule has 1 heterocycles. The third-order valence-corrected chi connectivity index (χ3v) is 10.1. The van der Waals surface area contributed by atoms with E-state index < -0.39 is 35.7 Å². The molecule has 242 valence electrons. The third kappa shape index (κ3) is 7.48. The molecule has 1 saturated heterocycles. The molecule has 1 aromatic rings. The van der Waals surface area contributed by atoms with Gasteiger partial charge in [-0.2, -0.15) is 0 Å². The van der Waals surface area contributed by atoms with Crippen molar-refractivity contribution in [1.82, 2.24) is 16.1 Å². The Hall–Kier alpha value is -2.90. The first-order chi connectivity index (χ1) is 20.6. The van der Waals surface area contributed by atoms with Crippen LogP contribution < -0.4 is 21.8 Å². The van der Waals surface area contributed by atoms with Crippen molar-refractivity contribution in [1.29, 1.82) is 0 Å². The second-order valence-electron chi connectivity index (χ2n) is 13.7. The number of carbonyl (C=O) groups is 2. The van der Waals surface area contributed by atoms with Gasteiger partial charge in [0.05, 0.1) is 23.6 Å². The third-order valence-electron chi connectivity index (χ3n) is 9.89. The summed E-state index contributed by atoms with van der Waals surface area (Å²) in [4.78, 5) is 41.7. The molecule has 1 aromatic carbocycles. The predicted octanol–water partition coefficient (Wildman–Crippen LogP) is 3.60. The van der Waals surface area contributed by atoms with Crippen molar-refractivity contribution in [3.8, 4) is 0 Å². The number of nitro groups is 1. The summed E-state index contributed by atoms with van der Waals surface area (Å²) in [6.07, 6.45) is 3.25. The fourth-order valence-corrected chi connectivity index (χ4v) is 7.32. The van der Waals surface area contributed by atoms with Gasteiger partial charge in [-0.25, -0.2) is 15.1 Å². The number of aliphatic imine (C=N–C) groups is 1. The highest BCUT2D eigenvalue weighted by atomic mass is 35.5. The summed E-state index contributed by atoms with van der Waals surface area (Å²) >= 11 is 6.02. The lowest BCUT2D eigenvalue weighted by Crippen LogP contribution is -2.65. The van der Waals surface area contributed by atoms with Crippen LogP contribution in [0.2, 0.25) is 5.02 Å². The number of nitrogens with one attached hydrogen (secondary N) is 3. The largest absolute Gasteiger partial charge is 0.481 e. The molecule has 14 heteroatoms. The molecule has 0 spiro atoms. The molecule has 12 nitrogen and oxygen atoms in total. The summed E-state index contributed by atoms with van der Waals surface area (Å²) < 4.78 is 13.2. The van der Waals surface area contributed by atoms with Crippen molar-refractivity contribution >= 4 is 36.5 Å². The quantitative estimate of drug-likeness (QED) is 0.0638. The Kier molecular flexibility index (Phi) is 10.5. The Bertz CT molecular complexity index is 1250. The van der Waals surface area contributed by atoms with Crippen LogP contribution in [0.1, 0.15) is 85.1 Å². The number of nitrogens with two attached hydrogens (primary N) is 1. The maximum absolute atomic E-state index is 13.9. The summed E-state index contributed by atoms with van der Waals surface area (Å²) in [5.74, 6) is -0.728. The Morgan fingerprint density at radius 1 is 1.16 bits per heavy atom. The number of guanidine groups is 1.